The van der Waals surface area contributed by atoms with E-state index in [2.05, 4.69) is 0 Å². The van der Waals surface area contributed by atoms with Gasteiger partial charge < -0.3 is 4.74 Å². The van der Waals surface area contributed by atoms with Gasteiger partial charge in [-0.3, -0.25) is 9.36 Å². The lowest BCUT2D eigenvalue weighted by Gasteiger charge is -2.12. The van der Waals surface area contributed by atoms with Crippen molar-refractivity contribution in [1.29, 1.82) is 0 Å². The van der Waals surface area contributed by atoms with Crippen molar-refractivity contribution in [3.8, 4) is 10.6 Å². The van der Waals surface area contributed by atoms with Crippen LogP contribution in [0.4, 0.5) is 0 Å². The Kier molecular flexibility index (Phi) is 6.84. The molecular formula is C22H20ClN3O2S2. The molecule has 154 valence electrons. The molecule has 0 atom stereocenters. The molecule has 0 aliphatic carbocycles. The quantitative estimate of drug-likeness (QED) is 0.198. The molecule has 30 heavy (non-hydrogen) atoms. The number of fused-ring (bicyclic) bond motifs is 1. The first kappa shape index (κ1) is 21.1. The minimum atomic E-state index is -0.0192. The van der Waals surface area contributed by atoms with E-state index in [0.29, 0.717) is 40.0 Å². The summed E-state index contributed by atoms with van der Waals surface area (Å²) in [6.07, 6.45) is 0.747. The van der Waals surface area contributed by atoms with Crippen LogP contribution >= 0.6 is 34.7 Å². The van der Waals surface area contributed by atoms with Crippen LogP contribution in [0.25, 0.3) is 21.5 Å². The van der Waals surface area contributed by atoms with Crippen molar-refractivity contribution in [2.45, 2.75) is 23.9 Å². The lowest BCUT2D eigenvalue weighted by Crippen LogP contribution is -2.24. The molecule has 0 bridgehead atoms. The monoisotopic (exact) mass is 457 g/mol. The fourth-order valence-corrected chi connectivity index (χ4v) is 5.26. The number of thioether (sulfide) groups is 1. The van der Waals surface area contributed by atoms with Crippen LogP contribution in [0.1, 0.15) is 12.1 Å². The highest BCUT2D eigenvalue weighted by Crippen LogP contribution is 2.31. The molecule has 0 fully saturated rings. The Morgan fingerprint density at radius 3 is 2.77 bits per heavy atom. The molecule has 2 heterocycles. The molecule has 4 aromatic rings. The average molecular weight is 458 g/mol. The van der Waals surface area contributed by atoms with Crippen LogP contribution in [-0.4, -0.2) is 28.3 Å². The van der Waals surface area contributed by atoms with Gasteiger partial charge in [0.25, 0.3) is 5.56 Å². The summed E-state index contributed by atoms with van der Waals surface area (Å²) >= 11 is 9.38. The third-order valence-corrected chi connectivity index (χ3v) is 6.83. The van der Waals surface area contributed by atoms with Crippen molar-refractivity contribution >= 4 is 45.6 Å². The maximum Gasteiger partial charge on any atom is 0.262 e. The molecule has 0 aliphatic heterocycles. The Morgan fingerprint density at radius 2 is 1.93 bits per heavy atom. The van der Waals surface area contributed by atoms with Gasteiger partial charge in [-0.05, 0) is 24.6 Å². The van der Waals surface area contributed by atoms with E-state index >= 15 is 0 Å². The predicted molar refractivity (Wildman–Crippen MR) is 125 cm³/mol. The number of hydrogen-bond donors (Lipinski definition) is 0. The molecule has 0 radical (unpaired) electrons. The molecule has 0 spiro atoms. The summed E-state index contributed by atoms with van der Waals surface area (Å²) in [5.41, 5.74) is 2.56. The van der Waals surface area contributed by atoms with Gasteiger partial charge >= 0.3 is 0 Å². The first-order valence-electron chi connectivity index (χ1n) is 9.48. The minimum Gasteiger partial charge on any atom is -0.385 e. The predicted octanol–water partition coefficient (Wildman–Crippen LogP) is 5.50. The molecule has 2 aromatic heterocycles. The van der Waals surface area contributed by atoms with Gasteiger partial charge in [0.15, 0.2) is 5.16 Å². The van der Waals surface area contributed by atoms with E-state index in [0.717, 1.165) is 22.7 Å². The Morgan fingerprint density at radius 1 is 1.13 bits per heavy atom. The van der Waals surface area contributed by atoms with Crippen molar-refractivity contribution in [3.05, 3.63) is 75.0 Å². The van der Waals surface area contributed by atoms with Crippen LogP contribution in [0.5, 0.6) is 0 Å². The smallest absolute Gasteiger partial charge is 0.262 e. The number of halogens is 1. The van der Waals surface area contributed by atoms with Crippen LogP contribution in [0.15, 0.2) is 63.9 Å². The number of benzene rings is 2. The Labute approximate surface area is 187 Å². The second-order valence-electron chi connectivity index (χ2n) is 6.63. The van der Waals surface area contributed by atoms with Gasteiger partial charge in [0.05, 0.1) is 21.6 Å². The molecule has 0 amide bonds. The maximum atomic E-state index is 13.0. The lowest BCUT2D eigenvalue weighted by atomic mass is 10.2. The normalized spacial score (nSPS) is 11.3. The molecule has 5 nitrogen and oxygen atoms in total. The minimum absolute atomic E-state index is 0.0192. The fourth-order valence-electron chi connectivity index (χ4n) is 3.09. The molecular weight excluding hydrogens is 438 g/mol. The topological polar surface area (TPSA) is 57.0 Å². The second kappa shape index (κ2) is 9.75. The summed E-state index contributed by atoms with van der Waals surface area (Å²) in [4.78, 5) is 22.5. The van der Waals surface area contributed by atoms with Crippen molar-refractivity contribution in [2.24, 2.45) is 0 Å². The van der Waals surface area contributed by atoms with E-state index in [1.165, 1.54) is 11.8 Å². The van der Waals surface area contributed by atoms with Crippen molar-refractivity contribution < 1.29 is 4.74 Å². The zero-order valence-corrected chi connectivity index (χ0v) is 18.8. The maximum absolute atomic E-state index is 13.0. The van der Waals surface area contributed by atoms with Gasteiger partial charge in [-0.2, -0.15) is 0 Å². The number of ether oxygens (including phenoxy) is 1. The number of hydrogen-bond acceptors (Lipinski definition) is 6. The summed E-state index contributed by atoms with van der Waals surface area (Å²) in [7, 11) is 1.66. The van der Waals surface area contributed by atoms with Crippen LogP contribution in [0.2, 0.25) is 5.02 Å². The number of rotatable bonds is 8. The number of nitrogens with zero attached hydrogens (tertiary/aromatic N) is 3. The largest absolute Gasteiger partial charge is 0.385 e. The Hall–Kier alpha value is -2.19. The molecule has 8 heteroatoms. The highest BCUT2D eigenvalue weighted by Gasteiger charge is 2.13. The van der Waals surface area contributed by atoms with Crippen LogP contribution in [-0.2, 0) is 17.0 Å². The third-order valence-electron chi connectivity index (χ3n) is 4.56. The van der Waals surface area contributed by atoms with E-state index in [4.69, 9.17) is 26.3 Å². The van der Waals surface area contributed by atoms with E-state index in [1.807, 2.05) is 53.9 Å². The standard InChI is InChI=1S/C22H20ClN3O2S2/c1-28-12-6-11-26-21(27)17-8-3-5-10-19(17)25-22(26)30-14-15-13-29-20(24-15)16-7-2-4-9-18(16)23/h2-5,7-10,13H,6,11-12,14H2,1H3. The average Bonchev–Trinajstić information content (AvgIpc) is 3.23. The highest BCUT2D eigenvalue weighted by molar-refractivity contribution is 7.98. The van der Waals surface area contributed by atoms with Gasteiger partial charge in [-0.15, -0.1) is 11.3 Å². The summed E-state index contributed by atoms with van der Waals surface area (Å²) in [6, 6.07) is 15.2. The molecule has 0 unspecified atom stereocenters. The molecule has 4 rings (SSSR count). The molecule has 0 saturated carbocycles. The van der Waals surface area contributed by atoms with Gasteiger partial charge in [0.1, 0.15) is 5.01 Å². The second-order valence-corrected chi connectivity index (χ2v) is 8.83. The van der Waals surface area contributed by atoms with Gasteiger partial charge in [0.2, 0.25) is 0 Å². The number of methoxy groups -OCH3 is 1. The number of thiazole rings is 1. The van der Waals surface area contributed by atoms with Crippen LogP contribution in [0.3, 0.4) is 0 Å². The molecule has 0 saturated heterocycles. The van der Waals surface area contributed by atoms with E-state index in [1.54, 1.807) is 23.0 Å². The highest BCUT2D eigenvalue weighted by atomic mass is 35.5. The lowest BCUT2D eigenvalue weighted by molar-refractivity contribution is 0.189. The number of para-hydroxylation sites is 1. The first-order chi connectivity index (χ1) is 14.7. The van der Waals surface area contributed by atoms with Crippen molar-refractivity contribution in [1.82, 2.24) is 14.5 Å². The fraction of sp³-hybridized carbons (Fsp3) is 0.227. The van der Waals surface area contributed by atoms with E-state index < -0.39 is 0 Å². The first-order valence-corrected chi connectivity index (χ1v) is 11.7. The summed E-state index contributed by atoms with van der Waals surface area (Å²) in [6.45, 7) is 1.16. The van der Waals surface area contributed by atoms with Gasteiger partial charge in [-0.25, -0.2) is 9.97 Å². The Balaban J connectivity index is 1.60. The summed E-state index contributed by atoms with van der Waals surface area (Å²) < 4.78 is 6.90. The zero-order chi connectivity index (χ0) is 20.9. The molecule has 0 aliphatic rings. The third kappa shape index (κ3) is 4.59. The molecule has 2 aromatic carbocycles. The summed E-state index contributed by atoms with van der Waals surface area (Å²) in [5.74, 6) is 0.621. The number of aromatic nitrogens is 3. The van der Waals surface area contributed by atoms with Gasteiger partial charge in [-0.1, -0.05) is 53.7 Å². The molecule has 0 N–H and O–H groups in total. The zero-order valence-electron chi connectivity index (χ0n) is 16.4. The summed E-state index contributed by atoms with van der Waals surface area (Å²) in [5, 5.41) is 4.94. The van der Waals surface area contributed by atoms with Crippen molar-refractivity contribution in [3.63, 3.8) is 0 Å². The van der Waals surface area contributed by atoms with Crippen molar-refractivity contribution in [2.75, 3.05) is 13.7 Å². The van der Waals surface area contributed by atoms with E-state index in [9.17, 15) is 4.79 Å². The van der Waals surface area contributed by atoms with E-state index in [-0.39, 0.29) is 5.56 Å². The Bertz CT molecular complexity index is 1220. The van der Waals surface area contributed by atoms with Gasteiger partial charge in [0, 0.05) is 37.0 Å². The van der Waals surface area contributed by atoms with Crippen LogP contribution in [0, 0.1) is 0 Å². The SMILES string of the molecule is COCCCn1c(SCc2csc(-c3ccccc3Cl)n2)nc2ccccc2c1=O. The van der Waals surface area contributed by atoms with Crippen LogP contribution < -0.4 is 5.56 Å².